The van der Waals surface area contributed by atoms with Gasteiger partial charge in [-0.1, -0.05) is 23.7 Å². The maximum atomic E-state index is 12.8. The van der Waals surface area contributed by atoms with Gasteiger partial charge in [-0.05, 0) is 43.9 Å². The molecular weight excluding hydrogens is 352 g/mol. The van der Waals surface area contributed by atoms with E-state index in [0.29, 0.717) is 22.3 Å². The Morgan fingerprint density at radius 3 is 2.62 bits per heavy atom. The van der Waals surface area contributed by atoms with E-state index in [1.165, 1.54) is 0 Å². The maximum absolute atomic E-state index is 12.8. The molecule has 0 bridgehead atoms. The zero-order chi connectivity index (χ0) is 18.1. The number of hydrogen-bond donors (Lipinski definition) is 1. The number of halogens is 1. The first-order valence-electron chi connectivity index (χ1n) is 9.03. The molecule has 2 amide bonds. The Kier molecular flexibility index (Phi) is 4.68. The Hall–Kier alpha value is -2.34. The van der Waals surface area contributed by atoms with Gasteiger partial charge in [-0.15, -0.1) is 0 Å². The minimum Gasteiger partial charge on any atom is -0.337 e. The largest absolute Gasteiger partial charge is 0.337 e. The number of aromatic nitrogens is 2. The quantitative estimate of drug-likeness (QED) is 0.875. The van der Waals surface area contributed by atoms with Crippen molar-refractivity contribution in [2.75, 3.05) is 18.4 Å². The molecule has 26 heavy (non-hydrogen) atoms. The number of para-hydroxylation sites is 1. The van der Waals surface area contributed by atoms with E-state index in [1.54, 1.807) is 22.9 Å². The van der Waals surface area contributed by atoms with Crippen LogP contribution in [0.5, 0.6) is 0 Å². The average molecular weight is 373 g/mol. The minimum absolute atomic E-state index is 0.00709. The molecule has 2 aromatic rings. The number of benzene rings is 1. The molecular formula is C19H21ClN4O2. The second kappa shape index (κ2) is 7.11. The number of likely N-dealkylation sites (tertiary alicyclic amines) is 1. The fraction of sp³-hybridized carbons (Fsp3) is 0.421. The fourth-order valence-electron chi connectivity index (χ4n) is 3.28. The van der Waals surface area contributed by atoms with E-state index >= 15 is 0 Å². The highest BCUT2D eigenvalue weighted by Crippen LogP contribution is 2.39. The predicted molar refractivity (Wildman–Crippen MR) is 99.4 cm³/mol. The van der Waals surface area contributed by atoms with E-state index in [2.05, 4.69) is 10.4 Å². The second-order valence-electron chi connectivity index (χ2n) is 6.91. The van der Waals surface area contributed by atoms with Gasteiger partial charge in [0.15, 0.2) is 0 Å². The van der Waals surface area contributed by atoms with Crippen LogP contribution in [-0.2, 0) is 11.3 Å². The highest BCUT2D eigenvalue weighted by molar-refractivity contribution is 6.33. The molecule has 2 fully saturated rings. The molecule has 6 nitrogen and oxygen atoms in total. The standard InChI is InChI=1S/C19H21ClN4O2/c20-14-5-1-2-6-15(14)21-18(25)12-24-17(11-16(22-24)13-7-8-13)19(26)23-9-3-4-10-23/h1-2,5-6,11,13H,3-4,7-10,12H2,(H,21,25). The molecule has 1 aromatic carbocycles. The molecule has 0 unspecified atom stereocenters. The third-order valence-corrected chi connectivity index (χ3v) is 5.18. The van der Waals surface area contributed by atoms with Crippen molar-refractivity contribution in [1.29, 1.82) is 0 Å². The van der Waals surface area contributed by atoms with Crippen molar-refractivity contribution >= 4 is 29.1 Å². The van der Waals surface area contributed by atoms with Crippen molar-refractivity contribution in [3.05, 3.63) is 46.7 Å². The van der Waals surface area contributed by atoms with Crippen LogP contribution < -0.4 is 5.32 Å². The molecule has 1 aliphatic carbocycles. The monoisotopic (exact) mass is 372 g/mol. The number of anilines is 1. The van der Waals surface area contributed by atoms with E-state index in [4.69, 9.17) is 11.6 Å². The fourth-order valence-corrected chi connectivity index (χ4v) is 3.46. The highest BCUT2D eigenvalue weighted by Gasteiger charge is 2.31. The van der Waals surface area contributed by atoms with E-state index < -0.39 is 0 Å². The summed E-state index contributed by atoms with van der Waals surface area (Å²) in [6.07, 6.45) is 4.26. The third-order valence-electron chi connectivity index (χ3n) is 4.85. The number of rotatable bonds is 5. The molecule has 1 aliphatic heterocycles. The van der Waals surface area contributed by atoms with Crippen molar-refractivity contribution in [3.63, 3.8) is 0 Å². The van der Waals surface area contributed by atoms with Crippen molar-refractivity contribution < 1.29 is 9.59 Å². The first-order chi connectivity index (χ1) is 12.6. The van der Waals surface area contributed by atoms with Gasteiger partial charge in [-0.3, -0.25) is 14.3 Å². The lowest BCUT2D eigenvalue weighted by molar-refractivity contribution is -0.116. The first kappa shape index (κ1) is 17.1. The SMILES string of the molecule is O=C(Cn1nc(C2CC2)cc1C(=O)N1CCCC1)Nc1ccccc1Cl. The Labute approximate surface area is 157 Å². The Morgan fingerprint density at radius 1 is 1.19 bits per heavy atom. The van der Waals surface area contributed by atoms with Gasteiger partial charge >= 0.3 is 0 Å². The van der Waals surface area contributed by atoms with Crippen LogP contribution in [0.2, 0.25) is 5.02 Å². The van der Waals surface area contributed by atoms with E-state index in [-0.39, 0.29) is 18.4 Å². The number of nitrogens with one attached hydrogen (secondary N) is 1. The molecule has 2 heterocycles. The maximum Gasteiger partial charge on any atom is 0.272 e. The molecule has 0 spiro atoms. The van der Waals surface area contributed by atoms with E-state index in [9.17, 15) is 9.59 Å². The van der Waals surface area contributed by atoms with Crippen LogP contribution in [0.4, 0.5) is 5.69 Å². The highest BCUT2D eigenvalue weighted by atomic mass is 35.5. The zero-order valence-electron chi connectivity index (χ0n) is 14.4. The smallest absolute Gasteiger partial charge is 0.272 e. The summed E-state index contributed by atoms with van der Waals surface area (Å²) in [6, 6.07) is 8.94. The lowest BCUT2D eigenvalue weighted by Crippen LogP contribution is -2.31. The molecule has 1 saturated heterocycles. The summed E-state index contributed by atoms with van der Waals surface area (Å²) >= 11 is 6.10. The Bertz CT molecular complexity index is 838. The molecule has 0 atom stereocenters. The molecule has 0 radical (unpaired) electrons. The summed E-state index contributed by atoms with van der Waals surface area (Å²) < 4.78 is 1.54. The average Bonchev–Trinajstić information content (AvgIpc) is 3.17. The number of nitrogens with zero attached hydrogens (tertiary/aromatic N) is 3. The molecule has 1 N–H and O–H groups in total. The summed E-state index contributed by atoms with van der Waals surface area (Å²) in [4.78, 5) is 27.1. The van der Waals surface area contributed by atoms with Crippen LogP contribution in [0.25, 0.3) is 0 Å². The number of carbonyl (C=O) groups is 2. The lowest BCUT2D eigenvalue weighted by atomic mass is 10.2. The zero-order valence-corrected chi connectivity index (χ0v) is 15.2. The van der Waals surface area contributed by atoms with E-state index in [1.807, 2.05) is 17.0 Å². The van der Waals surface area contributed by atoms with Gasteiger partial charge in [-0.2, -0.15) is 5.10 Å². The van der Waals surface area contributed by atoms with Crippen LogP contribution in [0.15, 0.2) is 30.3 Å². The summed E-state index contributed by atoms with van der Waals surface area (Å²) in [5.74, 6) is 0.138. The molecule has 1 aromatic heterocycles. The summed E-state index contributed by atoms with van der Waals surface area (Å²) in [5, 5.41) is 7.82. The van der Waals surface area contributed by atoms with Crippen LogP contribution >= 0.6 is 11.6 Å². The van der Waals surface area contributed by atoms with Crippen molar-refractivity contribution in [2.45, 2.75) is 38.1 Å². The number of carbonyl (C=O) groups excluding carboxylic acids is 2. The van der Waals surface area contributed by atoms with Crippen molar-refractivity contribution in [3.8, 4) is 0 Å². The number of hydrogen-bond acceptors (Lipinski definition) is 3. The minimum atomic E-state index is -0.251. The summed E-state index contributed by atoms with van der Waals surface area (Å²) in [5.41, 5.74) is 1.97. The predicted octanol–water partition coefficient (Wildman–Crippen LogP) is 3.29. The number of amides is 2. The van der Waals surface area contributed by atoms with Gasteiger partial charge in [0, 0.05) is 19.0 Å². The molecule has 136 valence electrons. The molecule has 2 aliphatic rings. The summed E-state index contributed by atoms with van der Waals surface area (Å²) in [7, 11) is 0. The Balaban J connectivity index is 1.53. The van der Waals surface area contributed by atoms with Crippen LogP contribution in [0, 0.1) is 0 Å². The second-order valence-corrected chi connectivity index (χ2v) is 7.32. The summed E-state index contributed by atoms with van der Waals surface area (Å²) in [6.45, 7) is 1.54. The van der Waals surface area contributed by atoms with Gasteiger partial charge in [0.25, 0.3) is 5.91 Å². The first-order valence-corrected chi connectivity index (χ1v) is 9.41. The van der Waals surface area contributed by atoms with Crippen molar-refractivity contribution in [2.24, 2.45) is 0 Å². The van der Waals surface area contributed by atoms with Gasteiger partial charge in [0.2, 0.25) is 5.91 Å². The van der Waals surface area contributed by atoms with Crippen LogP contribution in [0.3, 0.4) is 0 Å². The topological polar surface area (TPSA) is 67.2 Å². The van der Waals surface area contributed by atoms with Gasteiger partial charge in [-0.25, -0.2) is 0 Å². The molecule has 1 saturated carbocycles. The third kappa shape index (κ3) is 3.60. The van der Waals surface area contributed by atoms with Gasteiger partial charge in [0.05, 0.1) is 16.4 Å². The van der Waals surface area contributed by atoms with Gasteiger partial charge in [0.1, 0.15) is 12.2 Å². The van der Waals surface area contributed by atoms with Crippen LogP contribution in [0.1, 0.15) is 47.8 Å². The molecule has 4 rings (SSSR count). The molecule has 7 heteroatoms. The van der Waals surface area contributed by atoms with Crippen molar-refractivity contribution in [1.82, 2.24) is 14.7 Å². The Morgan fingerprint density at radius 2 is 1.92 bits per heavy atom. The normalized spacial score (nSPS) is 16.7. The lowest BCUT2D eigenvalue weighted by Gasteiger charge is -2.16. The van der Waals surface area contributed by atoms with Gasteiger partial charge < -0.3 is 10.2 Å². The van der Waals surface area contributed by atoms with E-state index in [0.717, 1.165) is 44.5 Å². The van der Waals surface area contributed by atoms with Crippen LogP contribution in [-0.4, -0.2) is 39.6 Å².